The Morgan fingerprint density at radius 2 is 1.66 bits per heavy atom. The molecule has 1 heterocycles. The van der Waals surface area contributed by atoms with Crippen molar-refractivity contribution in [1.82, 2.24) is 5.16 Å². The third-order valence-electron chi connectivity index (χ3n) is 5.19. The van der Waals surface area contributed by atoms with E-state index in [4.69, 9.17) is 4.52 Å². The van der Waals surface area contributed by atoms with Gasteiger partial charge in [-0.2, -0.15) is 0 Å². The van der Waals surface area contributed by atoms with Gasteiger partial charge in [0.05, 0.1) is 10.6 Å². The predicted octanol–water partition coefficient (Wildman–Crippen LogP) is 5.68. The number of aromatic nitrogens is 1. The van der Waals surface area contributed by atoms with E-state index in [1.807, 2.05) is 50.2 Å². The summed E-state index contributed by atoms with van der Waals surface area (Å²) in [7, 11) is -3.79. The van der Waals surface area contributed by atoms with Gasteiger partial charge in [-0.05, 0) is 61.7 Å². The minimum Gasteiger partial charge on any atom is -0.381 e. The molecule has 3 aromatic carbocycles. The van der Waals surface area contributed by atoms with E-state index < -0.39 is 10.0 Å². The van der Waals surface area contributed by atoms with Gasteiger partial charge in [-0.3, -0.25) is 4.72 Å². The third-order valence-corrected chi connectivity index (χ3v) is 6.72. The monoisotopic (exact) mass is 447 g/mol. The first-order valence-corrected chi connectivity index (χ1v) is 11.8. The van der Waals surface area contributed by atoms with Crippen LogP contribution in [0, 0.1) is 20.8 Å². The average Bonchev–Trinajstić information content (AvgIpc) is 3.20. The SMILES string of the molecule is Cc1cc(-c2ccc(C)c(S(=O)(=O)Nc3ccc(NCc4ccccc4)c(C)c3)c2)on1. The number of nitrogens with one attached hydrogen (secondary N) is 2. The van der Waals surface area contributed by atoms with Gasteiger partial charge in [0.15, 0.2) is 5.76 Å². The molecule has 0 radical (unpaired) electrons. The molecule has 0 fully saturated rings. The van der Waals surface area contributed by atoms with E-state index in [1.165, 1.54) is 5.56 Å². The summed E-state index contributed by atoms with van der Waals surface area (Å²) in [5.74, 6) is 0.531. The number of hydrogen-bond acceptors (Lipinski definition) is 5. The quantitative estimate of drug-likeness (QED) is 0.381. The lowest BCUT2D eigenvalue weighted by atomic mass is 10.1. The molecule has 0 aliphatic heterocycles. The van der Waals surface area contributed by atoms with E-state index in [9.17, 15) is 8.42 Å². The van der Waals surface area contributed by atoms with E-state index in [0.29, 0.717) is 29.1 Å². The lowest BCUT2D eigenvalue weighted by Gasteiger charge is -2.14. The summed E-state index contributed by atoms with van der Waals surface area (Å²) in [5.41, 5.74) is 5.63. The second-order valence-electron chi connectivity index (χ2n) is 7.79. The average molecular weight is 448 g/mol. The van der Waals surface area contributed by atoms with Crippen LogP contribution in [0.4, 0.5) is 11.4 Å². The first-order chi connectivity index (χ1) is 15.3. The maximum Gasteiger partial charge on any atom is 0.262 e. The van der Waals surface area contributed by atoms with Crippen molar-refractivity contribution in [3.05, 3.63) is 95.2 Å². The molecular formula is C25H25N3O3S. The molecule has 2 N–H and O–H groups in total. The molecule has 0 saturated carbocycles. The van der Waals surface area contributed by atoms with Crippen LogP contribution in [-0.2, 0) is 16.6 Å². The summed E-state index contributed by atoms with van der Waals surface area (Å²) in [6, 6.07) is 22.6. The molecule has 1 aromatic heterocycles. The number of anilines is 2. The predicted molar refractivity (Wildman–Crippen MR) is 127 cm³/mol. The van der Waals surface area contributed by atoms with Gasteiger partial charge in [0.25, 0.3) is 10.0 Å². The standard InChI is InChI=1S/C25H25N3O3S/c1-17-9-10-21(24-14-19(3)27-31-24)15-25(17)32(29,30)28-22-11-12-23(18(2)13-22)26-16-20-7-5-4-6-8-20/h4-15,26,28H,16H2,1-3H3. The fourth-order valence-corrected chi connectivity index (χ4v) is 4.79. The van der Waals surface area contributed by atoms with Crippen LogP contribution in [0.15, 0.2) is 82.2 Å². The fraction of sp³-hybridized carbons (Fsp3) is 0.160. The minimum absolute atomic E-state index is 0.202. The highest BCUT2D eigenvalue weighted by atomic mass is 32.2. The Morgan fingerprint density at radius 1 is 0.875 bits per heavy atom. The molecule has 32 heavy (non-hydrogen) atoms. The highest BCUT2D eigenvalue weighted by Crippen LogP contribution is 2.28. The molecule has 4 rings (SSSR count). The second-order valence-corrected chi connectivity index (χ2v) is 9.44. The Balaban J connectivity index is 1.54. The van der Waals surface area contributed by atoms with Crippen LogP contribution in [0.3, 0.4) is 0 Å². The van der Waals surface area contributed by atoms with Crippen LogP contribution in [-0.4, -0.2) is 13.6 Å². The Hall–Kier alpha value is -3.58. The van der Waals surface area contributed by atoms with Gasteiger partial charge in [-0.15, -0.1) is 0 Å². The van der Waals surface area contributed by atoms with Crippen LogP contribution in [0.5, 0.6) is 0 Å². The Bertz CT molecular complexity index is 1350. The Kier molecular flexibility index (Phi) is 6.01. The second kappa shape index (κ2) is 8.88. The largest absolute Gasteiger partial charge is 0.381 e. The number of sulfonamides is 1. The van der Waals surface area contributed by atoms with Crippen molar-refractivity contribution < 1.29 is 12.9 Å². The molecule has 164 valence electrons. The van der Waals surface area contributed by atoms with E-state index in [2.05, 4.69) is 27.3 Å². The van der Waals surface area contributed by atoms with Crippen LogP contribution >= 0.6 is 0 Å². The van der Waals surface area contributed by atoms with Crippen LogP contribution < -0.4 is 10.0 Å². The van der Waals surface area contributed by atoms with Gasteiger partial charge in [0, 0.05) is 29.5 Å². The minimum atomic E-state index is -3.79. The molecule has 0 aliphatic carbocycles. The molecule has 7 heteroatoms. The van der Waals surface area contributed by atoms with Crippen molar-refractivity contribution in [2.24, 2.45) is 0 Å². The molecule has 0 spiro atoms. The Morgan fingerprint density at radius 3 is 2.34 bits per heavy atom. The van der Waals surface area contributed by atoms with E-state index >= 15 is 0 Å². The molecule has 6 nitrogen and oxygen atoms in total. The van der Waals surface area contributed by atoms with Gasteiger partial charge >= 0.3 is 0 Å². The summed E-state index contributed by atoms with van der Waals surface area (Å²) in [6.07, 6.45) is 0. The number of aryl methyl sites for hydroxylation is 3. The fourth-order valence-electron chi connectivity index (χ4n) is 3.47. The molecule has 4 aromatic rings. The summed E-state index contributed by atoms with van der Waals surface area (Å²) >= 11 is 0. The van der Waals surface area contributed by atoms with Crippen molar-refractivity contribution in [2.75, 3.05) is 10.0 Å². The zero-order chi connectivity index (χ0) is 22.7. The normalized spacial score (nSPS) is 11.3. The zero-order valence-corrected chi connectivity index (χ0v) is 19.0. The van der Waals surface area contributed by atoms with Gasteiger partial charge in [0.1, 0.15) is 0 Å². The summed E-state index contributed by atoms with van der Waals surface area (Å²) in [4.78, 5) is 0.202. The van der Waals surface area contributed by atoms with E-state index in [0.717, 1.165) is 16.9 Å². The molecule has 0 amide bonds. The number of nitrogens with zero attached hydrogens (tertiary/aromatic N) is 1. The number of hydrogen-bond donors (Lipinski definition) is 2. The van der Waals surface area contributed by atoms with Crippen LogP contribution in [0.25, 0.3) is 11.3 Å². The zero-order valence-electron chi connectivity index (χ0n) is 18.2. The van der Waals surface area contributed by atoms with Crippen LogP contribution in [0.2, 0.25) is 0 Å². The van der Waals surface area contributed by atoms with Gasteiger partial charge in [-0.1, -0.05) is 47.6 Å². The third kappa shape index (κ3) is 4.84. The summed E-state index contributed by atoms with van der Waals surface area (Å²) < 4.78 is 34.3. The van der Waals surface area contributed by atoms with Crippen molar-refractivity contribution in [3.63, 3.8) is 0 Å². The summed E-state index contributed by atoms with van der Waals surface area (Å²) in [6.45, 7) is 6.23. The molecule has 0 bridgehead atoms. The smallest absolute Gasteiger partial charge is 0.262 e. The van der Waals surface area contributed by atoms with Gasteiger partial charge in [-0.25, -0.2) is 8.42 Å². The van der Waals surface area contributed by atoms with Crippen molar-refractivity contribution in [3.8, 4) is 11.3 Å². The highest BCUT2D eigenvalue weighted by Gasteiger charge is 2.19. The maximum atomic E-state index is 13.1. The van der Waals surface area contributed by atoms with E-state index in [-0.39, 0.29) is 4.90 Å². The van der Waals surface area contributed by atoms with Crippen LogP contribution in [0.1, 0.15) is 22.4 Å². The first-order valence-electron chi connectivity index (χ1n) is 10.3. The van der Waals surface area contributed by atoms with Crippen molar-refractivity contribution in [1.29, 1.82) is 0 Å². The van der Waals surface area contributed by atoms with E-state index in [1.54, 1.807) is 31.2 Å². The topological polar surface area (TPSA) is 84.2 Å². The lowest BCUT2D eigenvalue weighted by Crippen LogP contribution is -2.14. The summed E-state index contributed by atoms with van der Waals surface area (Å²) in [5, 5.41) is 7.28. The van der Waals surface area contributed by atoms with Crippen molar-refractivity contribution in [2.45, 2.75) is 32.2 Å². The molecule has 0 saturated heterocycles. The Labute approximate surface area is 188 Å². The number of benzene rings is 3. The van der Waals surface area contributed by atoms with Gasteiger partial charge < -0.3 is 9.84 Å². The molecule has 0 unspecified atom stereocenters. The molecule has 0 aliphatic rings. The number of rotatable bonds is 7. The molecular weight excluding hydrogens is 422 g/mol. The van der Waals surface area contributed by atoms with Gasteiger partial charge in [0.2, 0.25) is 0 Å². The highest BCUT2D eigenvalue weighted by molar-refractivity contribution is 7.92. The first kappa shape index (κ1) is 21.6. The maximum absolute atomic E-state index is 13.1. The molecule has 0 atom stereocenters. The van der Waals surface area contributed by atoms with Crippen molar-refractivity contribution >= 4 is 21.4 Å². The lowest BCUT2D eigenvalue weighted by molar-refractivity contribution is 0.427.